The fourth-order valence-electron chi connectivity index (χ4n) is 2.43. The number of hydrogen-bond donors (Lipinski definition) is 3. The summed E-state index contributed by atoms with van der Waals surface area (Å²) in [5.74, 6) is 0.771. The van der Waals surface area contributed by atoms with Crippen LogP contribution in [0.15, 0.2) is 11.1 Å². The van der Waals surface area contributed by atoms with E-state index in [1.54, 1.807) is 0 Å². The van der Waals surface area contributed by atoms with Crippen molar-refractivity contribution in [3.05, 3.63) is 17.5 Å². The van der Waals surface area contributed by atoms with Crippen molar-refractivity contribution in [1.29, 1.82) is 0 Å². The minimum Gasteiger partial charge on any atom is -0.357 e. The molecule has 0 radical (unpaired) electrons. The van der Waals surface area contributed by atoms with Crippen molar-refractivity contribution >= 4 is 11.9 Å². The van der Waals surface area contributed by atoms with Crippen LogP contribution in [0.4, 0.5) is 0 Å². The van der Waals surface area contributed by atoms with Gasteiger partial charge in [-0.1, -0.05) is 0 Å². The van der Waals surface area contributed by atoms with E-state index in [-0.39, 0.29) is 5.91 Å². The fourth-order valence-corrected chi connectivity index (χ4v) is 2.43. The van der Waals surface area contributed by atoms with E-state index in [9.17, 15) is 4.79 Å². The van der Waals surface area contributed by atoms with Crippen molar-refractivity contribution in [3.63, 3.8) is 0 Å². The minimum absolute atomic E-state index is 0.0270. The largest absolute Gasteiger partial charge is 0.357 e. The molecule has 1 aromatic heterocycles. The summed E-state index contributed by atoms with van der Waals surface area (Å²) in [7, 11) is 0. The SMILES string of the molecule is CCNC(=O)C(C)(C)CN=C(NCC)NCCCn1nc(C)cc1C. The molecule has 0 saturated carbocycles. The summed E-state index contributed by atoms with van der Waals surface area (Å²) in [6, 6.07) is 2.09. The van der Waals surface area contributed by atoms with Crippen LogP contribution in [-0.2, 0) is 11.3 Å². The molecule has 0 bridgehead atoms. The van der Waals surface area contributed by atoms with Gasteiger partial charge in [0.15, 0.2) is 5.96 Å². The number of aromatic nitrogens is 2. The van der Waals surface area contributed by atoms with Gasteiger partial charge in [-0.2, -0.15) is 5.10 Å². The fraction of sp³-hybridized carbons (Fsp3) is 0.722. The van der Waals surface area contributed by atoms with Crippen LogP contribution in [0.2, 0.25) is 0 Å². The van der Waals surface area contributed by atoms with Crippen LogP contribution < -0.4 is 16.0 Å². The van der Waals surface area contributed by atoms with E-state index in [1.807, 2.05) is 39.3 Å². The van der Waals surface area contributed by atoms with E-state index >= 15 is 0 Å². The highest BCUT2D eigenvalue weighted by atomic mass is 16.2. The Labute approximate surface area is 151 Å². The van der Waals surface area contributed by atoms with Gasteiger partial charge >= 0.3 is 0 Å². The zero-order chi connectivity index (χ0) is 18.9. The zero-order valence-electron chi connectivity index (χ0n) is 16.6. The third-order valence-electron chi connectivity index (χ3n) is 3.87. The molecular weight excluding hydrogens is 316 g/mol. The molecule has 0 aliphatic carbocycles. The first kappa shape index (κ1) is 21.0. The molecule has 0 unspecified atom stereocenters. The van der Waals surface area contributed by atoms with Crippen LogP contribution in [0, 0.1) is 19.3 Å². The minimum atomic E-state index is -0.526. The van der Waals surface area contributed by atoms with Gasteiger partial charge in [0, 0.05) is 31.9 Å². The maximum atomic E-state index is 12.1. The van der Waals surface area contributed by atoms with Gasteiger partial charge in [0.2, 0.25) is 5.91 Å². The van der Waals surface area contributed by atoms with Gasteiger partial charge in [0.1, 0.15) is 0 Å². The molecule has 0 aliphatic heterocycles. The highest BCUT2D eigenvalue weighted by Crippen LogP contribution is 2.15. The van der Waals surface area contributed by atoms with E-state index in [2.05, 4.69) is 39.0 Å². The number of amides is 1. The normalized spacial score (nSPS) is 12.2. The lowest BCUT2D eigenvalue weighted by Gasteiger charge is -2.22. The first-order valence-corrected chi connectivity index (χ1v) is 9.11. The molecule has 142 valence electrons. The van der Waals surface area contributed by atoms with E-state index < -0.39 is 5.41 Å². The van der Waals surface area contributed by atoms with Gasteiger partial charge in [-0.05, 0) is 54.0 Å². The first-order chi connectivity index (χ1) is 11.8. The number of aliphatic imine (C=N–C) groups is 1. The number of carbonyl (C=O) groups is 1. The predicted molar refractivity (Wildman–Crippen MR) is 103 cm³/mol. The topological polar surface area (TPSA) is 83.3 Å². The third-order valence-corrected chi connectivity index (χ3v) is 3.87. The van der Waals surface area contributed by atoms with Crippen molar-refractivity contribution in [1.82, 2.24) is 25.7 Å². The standard InChI is InChI=1S/C18H34N6O/c1-7-19-16(25)18(5,6)13-22-17(20-8-2)21-10-9-11-24-15(4)12-14(3)23-24/h12H,7-11,13H2,1-6H3,(H,19,25)(H2,20,21,22). The van der Waals surface area contributed by atoms with Gasteiger partial charge in [-0.15, -0.1) is 0 Å². The van der Waals surface area contributed by atoms with Gasteiger partial charge in [-0.3, -0.25) is 14.5 Å². The molecule has 0 spiro atoms. The molecule has 0 fully saturated rings. The van der Waals surface area contributed by atoms with E-state index in [1.165, 1.54) is 5.69 Å². The smallest absolute Gasteiger partial charge is 0.227 e. The monoisotopic (exact) mass is 350 g/mol. The summed E-state index contributed by atoms with van der Waals surface area (Å²) in [5.41, 5.74) is 1.71. The lowest BCUT2D eigenvalue weighted by Crippen LogP contribution is -2.42. The van der Waals surface area contributed by atoms with Crippen molar-refractivity contribution in [3.8, 4) is 0 Å². The number of hydrogen-bond acceptors (Lipinski definition) is 3. The lowest BCUT2D eigenvalue weighted by molar-refractivity contribution is -0.128. The Morgan fingerprint density at radius 3 is 2.44 bits per heavy atom. The lowest BCUT2D eigenvalue weighted by atomic mass is 9.92. The van der Waals surface area contributed by atoms with Crippen LogP contribution in [-0.4, -0.2) is 47.8 Å². The molecule has 7 nitrogen and oxygen atoms in total. The number of aryl methyl sites for hydroxylation is 3. The Morgan fingerprint density at radius 2 is 1.88 bits per heavy atom. The van der Waals surface area contributed by atoms with Gasteiger partial charge in [-0.25, -0.2) is 0 Å². The summed E-state index contributed by atoms with van der Waals surface area (Å²) in [5, 5.41) is 13.9. The second-order valence-corrected chi connectivity index (χ2v) is 6.87. The van der Waals surface area contributed by atoms with Crippen molar-refractivity contribution in [2.45, 2.75) is 54.5 Å². The second-order valence-electron chi connectivity index (χ2n) is 6.87. The van der Waals surface area contributed by atoms with E-state index in [4.69, 9.17) is 0 Å². The first-order valence-electron chi connectivity index (χ1n) is 9.11. The van der Waals surface area contributed by atoms with Crippen LogP contribution in [0.25, 0.3) is 0 Å². The number of guanidine groups is 1. The molecule has 0 aromatic carbocycles. The summed E-state index contributed by atoms with van der Waals surface area (Å²) in [6.45, 7) is 15.4. The molecule has 1 aromatic rings. The number of nitrogens with zero attached hydrogens (tertiary/aromatic N) is 3. The van der Waals surface area contributed by atoms with E-state index in [0.717, 1.165) is 37.7 Å². The van der Waals surface area contributed by atoms with Gasteiger partial charge in [0.25, 0.3) is 0 Å². The Bertz CT molecular complexity index is 576. The van der Waals surface area contributed by atoms with Crippen molar-refractivity contribution in [2.75, 3.05) is 26.2 Å². The summed E-state index contributed by atoms with van der Waals surface area (Å²) in [4.78, 5) is 16.6. The molecule has 1 heterocycles. The highest BCUT2D eigenvalue weighted by molar-refractivity contribution is 5.83. The zero-order valence-corrected chi connectivity index (χ0v) is 16.6. The number of nitrogens with one attached hydrogen (secondary N) is 3. The van der Waals surface area contributed by atoms with Crippen molar-refractivity contribution in [2.24, 2.45) is 10.4 Å². The molecule has 0 aliphatic rings. The predicted octanol–water partition coefficient (Wildman–Crippen LogP) is 1.61. The van der Waals surface area contributed by atoms with Gasteiger partial charge in [0.05, 0.1) is 17.7 Å². The molecule has 1 rings (SSSR count). The Kier molecular flexibility index (Phi) is 8.45. The molecule has 1 amide bonds. The van der Waals surface area contributed by atoms with Crippen LogP contribution in [0.3, 0.4) is 0 Å². The average molecular weight is 351 g/mol. The Morgan fingerprint density at radius 1 is 1.20 bits per heavy atom. The van der Waals surface area contributed by atoms with Crippen molar-refractivity contribution < 1.29 is 4.79 Å². The molecule has 0 atom stereocenters. The maximum absolute atomic E-state index is 12.1. The average Bonchev–Trinajstić information content (AvgIpc) is 2.87. The van der Waals surface area contributed by atoms with Crippen LogP contribution >= 0.6 is 0 Å². The van der Waals surface area contributed by atoms with Crippen LogP contribution in [0.5, 0.6) is 0 Å². The quantitative estimate of drug-likeness (QED) is 0.359. The second kappa shape index (κ2) is 10.1. The molecule has 25 heavy (non-hydrogen) atoms. The van der Waals surface area contributed by atoms with E-state index in [0.29, 0.717) is 13.1 Å². The Balaban J connectivity index is 2.50. The molecule has 3 N–H and O–H groups in total. The summed E-state index contributed by atoms with van der Waals surface area (Å²) >= 11 is 0. The maximum Gasteiger partial charge on any atom is 0.227 e. The highest BCUT2D eigenvalue weighted by Gasteiger charge is 2.26. The molecular formula is C18H34N6O. The third kappa shape index (κ3) is 7.15. The van der Waals surface area contributed by atoms with Crippen LogP contribution in [0.1, 0.15) is 45.5 Å². The summed E-state index contributed by atoms with van der Waals surface area (Å²) in [6.07, 6.45) is 0.950. The molecule has 7 heteroatoms. The number of rotatable bonds is 9. The number of carbonyl (C=O) groups excluding carboxylic acids is 1. The van der Waals surface area contributed by atoms with Gasteiger partial charge < -0.3 is 16.0 Å². The summed E-state index contributed by atoms with van der Waals surface area (Å²) < 4.78 is 2.03. The Hall–Kier alpha value is -2.05. The molecule has 0 saturated heterocycles.